The lowest BCUT2D eigenvalue weighted by atomic mass is 10.3. The molecule has 8 heteroatoms. The Morgan fingerprint density at radius 2 is 2.17 bits per heavy atom. The molecule has 0 aliphatic heterocycles. The molecule has 0 bridgehead atoms. The van der Waals surface area contributed by atoms with E-state index in [-0.39, 0.29) is 11.8 Å². The summed E-state index contributed by atoms with van der Waals surface area (Å²) in [5, 5.41) is 2.86. The molecule has 0 aliphatic rings. The number of aromatic nitrogens is 3. The van der Waals surface area contributed by atoms with E-state index in [1.807, 2.05) is 0 Å². The summed E-state index contributed by atoms with van der Waals surface area (Å²) in [5.74, 6) is 0.274. The van der Waals surface area contributed by atoms with Crippen LogP contribution in [0, 0.1) is 0 Å². The summed E-state index contributed by atoms with van der Waals surface area (Å²) in [6.07, 6.45) is 1.90. The van der Waals surface area contributed by atoms with Gasteiger partial charge >= 0.3 is 0 Å². The average molecular weight is 273 g/mol. The van der Waals surface area contributed by atoms with E-state index >= 15 is 0 Å². The van der Waals surface area contributed by atoms with E-state index in [1.54, 1.807) is 11.9 Å². The Bertz CT molecular complexity index is 413. The van der Waals surface area contributed by atoms with Gasteiger partial charge in [-0.15, -0.1) is 0 Å². The molecule has 0 aromatic carbocycles. The molecule has 18 heavy (non-hydrogen) atoms. The third-order valence-electron chi connectivity index (χ3n) is 2.23. The van der Waals surface area contributed by atoms with E-state index < -0.39 is 5.91 Å². The van der Waals surface area contributed by atoms with E-state index in [4.69, 9.17) is 17.3 Å². The minimum absolute atomic E-state index is 0.0590. The van der Waals surface area contributed by atoms with E-state index in [1.165, 1.54) is 0 Å². The number of unbranched alkanes of at least 4 members (excludes halogenated alkanes) is 1. The summed E-state index contributed by atoms with van der Waals surface area (Å²) in [7, 11) is 1.68. The van der Waals surface area contributed by atoms with Crippen LogP contribution in [-0.2, 0) is 4.79 Å². The molecule has 0 saturated heterocycles. The van der Waals surface area contributed by atoms with Gasteiger partial charge in [0, 0.05) is 13.6 Å². The fourth-order valence-electron chi connectivity index (χ4n) is 1.38. The maximum Gasteiger partial charge on any atom is 0.237 e. The summed E-state index contributed by atoms with van der Waals surface area (Å²) < 4.78 is 0. The first-order valence-electron chi connectivity index (χ1n) is 5.69. The first kappa shape index (κ1) is 14.4. The maximum absolute atomic E-state index is 11.0. The van der Waals surface area contributed by atoms with Gasteiger partial charge in [-0.25, -0.2) is 0 Å². The van der Waals surface area contributed by atoms with Crippen LogP contribution >= 0.6 is 11.6 Å². The summed E-state index contributed by atoms with van der Waals surface area (Å²) in [5.41, 5.74) is 5.21. The molecule has 3 N–H and O–H groups in total. The number of carbonyl (C=O) groups is 1. The molecule has 1 heterocycles. The second-order valence-corrected chi connectivity index (χ2v) is 4.06. The first-order chi connectivity index (χ1) is 8.56. The standard InChI is InChI=1S/C10H17ClN6O/c1-3-4-5-17(6-7(12)18)10-15-8(11)14-9(13-2)16-10/h3-6H2,1-2H3,(H2,12,18)(H,13,14,15,16). The van der Waals surface area contributed by atoms with Crippen LogP contribution in [0.25, 0.3) is 0 Å². The third kappa shape index (κ3) is 4.33. The van der Waals surface area contributed by atoms with Crippen molar-refractivity contribution < 1.29 is 4.79 Å². The van der Waals surface area contributed by atoms with Crippen molar-refractivity contribution in [2.45, 2.75) is 19.8 Å². The van der Waals surface area contributed by atoms with Crippen LogP contribution in [0.15, 0.2) is 0 Å². The quantitative estimate of drug-likeness (QED) is 0.757. The van der Waals surface area contributed by atoms with Crippen molar-refractivity contribution in [3.63, 3.8) is 0 Å². The number of hydrogen-bond donors (Lipinski definition) is 2. The van der Waals surface area contributed by atoms with Crippen LogP contribution in [0.5, 0.6) is 0 Å². The van der Waals surface area contributed by atoms with Gasteiger partial charge in [0.05, 0.1) is 6.54 Å². The van der Waals surface area contributed by atoms with Crippen molar-refractivity contribution in [2.75, 3.05) is 30.4 Å². The van der Waals surface area contributed by atoms with Gasteiger partial charge in [0.1, 0.15) is 0 Å². The summed E-state index contributed by atoms with van der Waals surface area (Å²) in [4.78, 5) is 24.8. The molecule has 100 valence electrons. The predicted molar refractivity (Wildman–Crippen MR) is 70.7 cm³/mol. The monoisotopic (exact) mass is 272 g/mol. The molecule has 0 radical (unpaired) electrons. The van der Waals surface area contributed by atoms with Gasteiger partial charge in [0.15, 0.2) is 0 Å². The fraction of sp³-hybridized carbons (Fsp3) is 0.600. The Hall–Kier alpha value is -1.63. The highest BCUT2D eigenvalue weighted by Gasteiger charge is 2.14. The number of anilines is 2. The lowest BCUT2D eigenvalue weighted by Crippen LogP contribution is -2.35. The minimum atomic E-state index is -0.436. The van der Waals surface area contributed by atoms with Crippen LogP contribution in [0.4, 0.5) is 11.9 Å². The van der Waals surface area contributed by atoms with Crippen LogP contribution in [-0.4, -0.2) is 41.0 Å². The molecule has 0 atom stereocenters. The molecular weight excluding hydrogens is 256 g/mol. The van der Waals surface area contributed by atoms with Gasteiger partial charge in [-0.05, 0) is 18.0 Å². The van der Waals surface area contributed by atoms with Gasteiger partial charge in [0.2, 0.25) is 23.1 Å². The number of rotatable bonds is 7. The molecule has 0 spiro atoms. The Labute approximate surface area is 111 Å². The van der Waals surface area contributed by atoms with Crippen molar-refractivity contribution in [1.29, 1.82) is 0 Å². The SMILES string of the molecule is CCCCN(CC(N)=O)c1nc(Cl)nc(NC)n1. The van der Waals surface area contributed by atoms with E-state index in [0.717, 1.165) is 12.8 Å². The topological polar surface area (TPSA) is 97.0 Å². The molecule has 0 saturated carbocycles. The van der Waals surface area contributed by atoms with Gasteiger partial charge in [-0.3, -0.25) is 4.79 Å². The minimum Gasteiger partial charge on any atom is -0.368 e. The smallest absolute Gasteiger partial charge is 0.237 e. The predicted octanol–water partition coefficient (Wildman–Crippen LogP) is 0.658. The van der Waals surface area contributed by atoms with Crippen molar-refractivity contribution in [3.8, 4) is 0 Å². The van der Waals surface area contributed by atoms with E-state index in [2.05, 4.69) is 27.2 Å². The zero-order chi connectivity index (χ0) is 13.5. The van der Waals surface area contributed by atoms with E-state index in [9.17, 15) is 4.79 Å². The Morgan fingerprint density at radius 1 is 1.44 bits per heavy atom. The molecule has 0 aliphatic carbocycles. The number of hydrogen-bond acceptors (Lipinski definition) is 6. The van der Waals surface area contributed by atoms with Gasteiger partial charge < -0.3 is 16.0 Å². The first-order valence-corrected chi connectivity index (χ1v) is 6.07. The average Bonchev–Trinajstić information content (AvgIpc) is 2.33. The van der Waals surface area contributed by atoms with Crippen LogP contribution in [0.2, 0.25) is 5.28 Å². The number of nitrogens with zero attached hydrogens (tertiary/aromatic N) is 4. The second-order valence-electron chi connectivity index (χ2n) is 3.72. The van der Waals surface area contributed by atoms with Crippen LogP contribution in [0.1, 0.15) is 19.8 Å². The maximum atomic E-state index is 11.0. The molecular formula is C10H17ClN6O. The van der Waals surface area contributed by atoms with Crippen molar-refractivity contribution in [1.82, 2.24) is 15.0 Å². The molecule has 0 unspecified atom stereocenters. The summed E-state index contributed by atoms with van der Waals surface area (Å²) >= 11 is 5.80. The Morgan fingerprint density at radius 3 is 2.72 bits per heavy atom. The second kappa shape index (κ2) is 6.95. The molecule has 1 aromatic rings. The summed E-state index contributed by atoms with van der Waals surface area (Å²) in [6.45, 7) is 2.76. The largest absolute Gasteiger partial charge is 0.368 e. The molecule has 1 aromatic heterocycles. The zero-order valence-electron chi connectivity index (χ0n) is 10.5. The molecule has 0 fully saturated rings. The lowest BCUT2D eigenvalue weighted by Gasteiger charge is -2.20. The number of primary amides is 1. The van der Waals surface area contributed by atoms with Gasteiger partial charge in [-0.1, -0.05) is 13.3 Å². The van der Waals surface area contributed by atoms with Crippen LogP contribution in [0.3, 0.4) is 0 Å². The van der Waals surface area contributed by atoms with Gasteiger partial charge in [-0.2, -0.15) is 15.0 Å². The molecule has 7 nitrogen and oxygen atoms in total. The van der Waals surface area contributed by atoms with Crippen molar-refractivity contribution in [3.05, 3.63) is 5.28 Å². The normalized spacial score (nSPS) is 10.2. The zero-order valence-corrected chi connectivity index (χ0v) is 11.2. The third-order valence-corrected chi connectivity index (χ3v) is 2.40. The number of amides is 1. The number of nitrogens with two attached hydrogens (primary N) is 1. The number of carbonyl (C=O) groups excluding carboxylic acids is 1. The highest BCUT2D eigenvalue weighted by molar-refractivity contribution is 6.28. The summed E-state index contributed by atoms with van der Waals surface area (Å²) in [6, 6.07) is 0. The lowest BCUT2D eigenvalue weighted by molar-refractivity contribution is -0.116. The highest BCUT2D eigenvalue weighted by Crippen LogP contribution is 2.13. The van der Waals surface area contributed by atoms with Crippen molar-refractivity contribution in [2.24, 2.45) is 5.73 Å². The van der Waals surface area contributed by atoms with E-state index in [0.29, 0.717) is 18.4 Å². The molecule has 1 rings (SSSR count). The number of halogens is 1. The highest BCUT2D eigenvalue weighted by atomic mass is 35.5. The number of nitrogens with one attached hydrogen (secondary N) is 1. The Kier molecular flexibility index (Phi) is 5.57. The van der Waals surface area contributed by atoms with Gasteiger partial charge in [0.25, 0.3) is 0 Å². The Balaban J connectivity index is 2.95. The van der Waals surface area contributed by atoms with Crippen LogP contribution < -0.4 is 16.0 Å². The molecule has 1 amide bonds. The fourth-order valence-corrected chi connectivity index (χ4v) is 1.54. The van der Waals surface area contributed by atoms with Crippen molar-refractivity contribution >= 4 is 29.4 Å².